The number of nitrogens with zero attached hydrogens (tertiary/aromatic N) is 1. The molecule has 0 aromatic heterocycles. The quantitative estimate of drug-likeness (QED) is 0.795. The monoisotopic (exact) mass is 277 g/mol. The van der Waals surface area contributed by atoms with Crippen molar-refractivity contribution in [1.82, 2.24) is 4.90 Å². The van der Waals surface area contributed by atoms with Gasteiger partial charge in [-0.15, -0.1) is 0 Å². The summed E-state index contributed by atoms with van der Waals surface area (Å²) in [6.07, 6.45) is 2.00. The summed E-state index contributed by atoms with van der Waals surface area (Å²) >= 11 is 0. The topological polar surface area (TPSA) is 57.6 Å². The zero-order valence-electron chi connectivity index (χ0n) is 12.2. The molecule has 0 heterocycles. The Balaban J connectivity index is 2.72. The second-order valence-electron chi connectivity index (χ2n) is 4.93. The van der Waals surface area contributed by atoms with Gasteiger partial charge >= 0.3 is 5.97 Å². The molecule has 0 aliphatic rings. The van der Waals surface area contributed by atoms with Crippen molar-refractivity contribution in [3.63, 3.8) is 0 Å². The number of carboxylic acid groups (broad SMARTS) is 1. The van der Waals surface area contributed by atoms with Crippen LogP contribution in [0.2, 0.25) is 0 Å². The molecule has 1 N–H and O–H groups in total. The van der Waals surface area contributed by atoms with Gasteiger partial charge in [0.15, 0.2) is 0 Å². The molecule has 1 aromatic carbocycles. The van der Waals surface area contributed by atoms with E-state index in [1.165, 1.54) is 4.90 Å². The summed E-state index contributed by atoms with van der Waals surface area (Å²) in [7, 11) is 0. The maximum absolute atomic E-state index is 12.3. The van der Waals surface area contributed by atoms with Gasteiger partial charge in [-0.25, -0.2) is 0 Å². The summed E-state index contributed by atoms with van der Waals surface area (Å²) in [5.41, 5.74) is 1.13. The van der Waals surface area contributed by atoms with Gasteiger partial charge in [0.05, 0.1) is 0 Å². The Labute approximate surface area is 120 Å². The lowest BCUT2D eigenvalue weighted by molar-refractivity contribution is -0.144. The van der Waals surface area contributed by atoms with Crippen molar-refractivity contribution >= 4 is 11.9 Å². The van der Waals surface area contributed by atoms with E-state index in [4.69, 9.17) is 5.11 Å². The molecule has 110 valence electrons. The van der Waals surface area contributed by atoms with Gasteiger partial charge in [0.1, 0.15) is 6.54 Å². The van der Waals surface area contributed by atoms with E-state index in [1.54, 1.807) is 0 Å². The van der Waals surface area contributed by atoms with E-state index < -0.39 is 5.97 Å². The zero-order chi connectivity index (χ0) is 15.0. The molecule has 1 atom stereocenters. The summed E-state index contributed by atoms with van der Waals surface area (Å²) in [5, 5.41) is 8.87. The molecule has 1 unspecified atom stereocenters. The highest BCUT2D eigenvalue weighted by Gasteiger charge is 2.20. The van der Waals surface area contributed by atoms with E-state index >= 15 is 0 Å². The normalized spacial score (nSPS) is 11.9. The van der Waals surface area contributed by atoms with E-state index in [9.17, 15) is 9.59 Å². The maximum atomic E-state index is 12.3. The number of aliphatic carboxylic acids is 1. The third-order valence-electron chi connectivity index (χ3n) is 3.36. The summed E-state index contributed by atoms with van der Waals surface area (Å²) in [5.74, 6) is -0.888. The van der Waals surface area contributed by atoms with Gasteiger partial charge in [0.2, 0.25) is 5.91 Å². The predicted octanol–water partition coefficient (Wildman–Crippen LogP) is 2.89. The van der Waals surface area contributed by atoms with E-state index in [-0.39, 0.29) is 18.4 Å². The highest BCUT2D eigenvalue weighted by Crippen LogP contribution is 2.23. The molecule has 1 aromatic rings. The summed E-state index contributed by atoms with van der Waals surface area (Å²) in [6.45, 7) is 4.27. The van der Waals surface area contributed by atoms with Crippen LogP contribution in [0.5, 0.6) is 0 Å². The van der Waals surface area contributed by atoms with Crippen molar-refractivity contribution in [2.75, 3.05) is 13.1 Å². The number of amides is 1. The standard InChI is InChI=1S/C16H23NO3/c1-3-10-17(12-16(19)20)15(18)11-13(4-2)14-8-6-5-7-9-14/h5-9,13H,3-4,10-12H2,1-2H3,(H,19,20). The van der Waals surface area contributed by atoms with Crippen molar-refractivity contribution in [2.24, 2.45) is 0 Å². The molecule has 0 spiro atoms. The fourth-order valence-corrected chi connectivity index (χ4v) is 2.29. The van der Waals surface area contributed by atoms with E-state index in [0.29, 0.717) is 13.0 Å². The molecule has 0 aliphatic carbocycles. The third kappa shape index (κ3) is 5.03. The first-order valence-corrected chi connectivity index (χ1v) is 7.13. The number of carbonyl (C=O) groups is 2. The number of carbonyl (C=O) groups excluding carboxylic acids is 1. The fraction of sp³-hybridized carbons (Fsp3) is 0.500. The molecule has 0 radical (unpaired) electrons. The molecule has 1 rings (SSSR count). The summed E-state index contributed by atoms with van der Waals surface area (Å²) in [4.78, 5) is 24.5. The van der Waals surface area contributed by atoms with Crippen molar-refractivity contribution in [3.8, 4) is 0 Å². The lowest BCUT2D eigenvalue weighted by Gasteiger charge is -2.23. The Morgan fingerprint density at radius 1 is 1.20 bits per heavy atom. The van der Waals surface area contributed by atoms with Crippen LogP contribution >= 0.6 is 0 Å². The van der Waals surface area contributed by atoms with Crippen molar-refractivity contribution in [2.45, 2.75) is 39.0 Å². The van der Waals surface area contributed by atoms with Gasteiger partial charge < -0.3 is 10.0 Å². The van der Waals surface area contributed by atoms with Crippen molar-refractivity contribution < 1.29 is 14.7 Å². The fourth-order valence-electron chi connectivity index (χ4n) is 2.29. The molecular weight excluding hydrogens is 254 g/mol. The summed E-state index contributed by atoms with van der Waals surface area (Å²) < 4.78 is 0. The average Bonchev–Trinajstić information content (AvgIpc) is 2.44. The number of benzene rings is 1. The van der Waals surface area contributed by atoms with Crippen LogP contribution in [0, 0.1) is 0 Å². The molecular formula is C16H23NO3. The van der Waals surface area contributed by atoms with Gasteiger partial charge in [0, 0.05) is 13.0 Å². The van der Waals surface area contributed by atoms with Crippen LogP contribution in [-0.4, -0.2) is 35.0 Å². The van der Waals surface area contributed by atoms with Crippen LogP contribution < -0.4 is 0 Å². The second-order valence-corrected chi connectivity index (χ2v) is 4.93. The number of hydrogen-bond acceptors (Lipinski definition) is 2. The molecule has 0 saturated heterocycles. The molecule has 20 heavy (non-hydrogen) atoms. The number of hydrogen-bond donors (Lipinski definition) is 1. The Morgan fingerprint density at radius 3 is 2.35 bits per heavy atom. The van der Waals surface area contributed by atoms with Gasteiger partial charge in [-0.3, -0.25) is 9.59 Å². The minimum Gasteiger partial charge on any atom is -0.480 e. The molecule has 4 nitrogen and oxygen atoms in total. The first kappa shape index (κ1) is 16.2. The minimum absolute atomic E-state index is 0.0787. The number of carboxylic acids is 1. The van der Waals surface area contributed by atoms with Crippen LogP contribution in [0.4, 0.5) is 0 Å². The second kappa shape index (κ2) is 8.35. The van der Waals surface area contributed by atoms with E-state index in [1.807, 2.05) is 44.2 Å². The first-order valence-electron chi connectivity index (χ1n) is 7.13. The van der Waals surface area contributed by atoms with Crippen LogP contribution in [0.25, 0.3) is 0 Å². The lowest BCUT2D eigenvalue weighted by Crippen LogP contribution is -2.36. The first-order chi connectivity index (χ1) is 9.58. The zero-order valence-corrected chi connectivity index (χ0v) is 12.2. The Hall–Kier alpha value is -1.84. The molecule has 1 amide bonds. The van der Waals surface area contributed by atoms with Crippen LogP contribution in [-0.2, 0) is 9.59 Å². The van der Waals surface area contributed by atoms with Crippen molar-refractivity contribution in [1.29, 1.82) is 0 Å². The Kier molecular flexibility index (Phi) is 6.77. The Bertz CT molecular complexity index is 431. The molecule has 0 saturated carbocycles. The highest BCUT2D eigenvalue weighted by atomic mass is 16.4. The smallest absolute Gasteiger partial charge is 0.323 e. The summed E-state index contributed by atoms with van der Waals surface area (Å²) in [6, 6.07) is 9.91. The van der Waals surface area contributed by atoms with Crippen LogP contribution in [0.3, 0.4) is 0 Å². The molecule has 0 fully saturated rings. The van der Waals surface area contributed by atoms with E-state index in [0.717, 1.165) is 18.4 Å². The van der Waals surface area contributed by atoms with Gasteiger partial charge in [0.25, 0.3) is 0 Å². The predicted molar refractivity (Wildman–Crippen MR) is 78.6 cm³/mol. The minimum atomic E-state index is -0.959. The van der Waals surface area contributed by atoms with E-state index in [2.05, 4.69) is 0 Å². The van der Waals surface area contributed by atoms with Crippen molar-refractivity contribution in [3.05, 3.63) is 35.9 Å². The molecule has 4 heteroatoms. The molecule has 0 bridgehead atoms. The highest BCUT2D eigenvalue weighted by molar-refractivity contribution is 5.81. The average molecular weight is 277 g/mol. The molecule has 0 aliphatic heterocycles. The third-order valence-corrected chi connectivity index (χ3v) is 3.36. The SMILES string of the molecule is CCCN(CC(=O)O)C(=O)CC(CC)c1ccccc1. The maximum Gasteiger partial charge on any atom is 0.323 e. The van der Waals surface area contributed by atoms with Crippen LogP contribution in [0.15, 0.2) is 30.3 Å². The van der Waals surface area contributed by atoms with Gasteiger partial charge in [-0.1, -0.05) is 44.2 Å². The number of rotatable bonds is 8. The van der Waals surface area contributed by atoms with Crippen LogP contribution in [0.1, 0.15) is 44.6 Å². The lowest BCUT2D eigenvalue weighted by atomic mass is 9.92. The Morgan fingerprint density at radius 2 is 1.85 bits per heavy atom. The van der Waals surface area contributed by atoms with Gasteiger partial charge in [-0.2, -0.15) is 0 Å². The van der Waals surface area contributed by atoms with Gasteiger partial charge in [-0.05, 0) is 24.3 Å². The largest absolute Gasteiger partial charge is 0.480 e.